The molecule has 6 rings (SSSR count). The smallest absolute Gasteiger partial charge is 0.142 e. The molecule has 3 heterocycles. The molecule has 1 N–H and O–H groups in total. The zero-order valence-electron chi connectivity index (χ0n) is 20.4. The highest BCUT2D eigenvalue weighted by Crippen LogP contribution is 2.30. The SMILES string of the molecule is CC1CCN(Cc2cccc3ncnc(Nc4ccc5c(cnn5Cc5cccc(F)c5)c4)c23)CC1. The monoisotopic (exact) mass is 480 g/mol. The van der Waals surface area contributed by atoms with Gasteiger partial charge in [0.15, 0.2) is 0 Å². The number of halogens is 1. The molecule has 0 unspecified atom stereocenters. The topological polar surface area (TPSA) is 58.9 Å². The van der Waals surface area contributed by atoms with Crippen LogP contribution < -0.4 is 5.32 Å². The lowest BCUT2D eigenvalue weighted by Crippen LogP contribution is -2.32. The first-order valence-electron chi connectivity index (χ1n) is 12.5. The number of hydrogen-bond acceptors (Lipinski definition) is 5. The van der Waals surface area contributed by atoms with Gasteiger partial charge in [0.25, 0.3) is 0 Å². The van der Waals surface area contributed by atoms with Gasteiger partial charge >= 0.3 is 0 Å². The fourth-order valence-corrected chi connectivity index (χ4v) is 5.10. The quantitative estimate of drug-likeness (QED) is 0.316. The van der Waals surface area contributed by atoms with Crippen molar-refractivity contribution in [3.63, 3.8) is 0 Å². The van der Waals surface area contributed by atoms with Crippen molar-refractivity contribution in [1.82, 2.24) is 24.6 Å². The van der Waals surface area contributed by atoms with Gasteiger partial charge in [0.2, 0.25) is 0 Å². The van der Waals surface area contributed by atoms with E-state index < -0.39 is 0 Å². The van der Waals surface area contributed by atoms with Crippen LogP contribution in [0.4, 0.5) is 15.9 Å². The zero-order chi connectivity index (χ0) is 24.5. The maximum absolute atomic E-state index is 13.6. The predicted octanol–water partition coefficient (Wildman–Crippen LogP) is 6.14. The molecule has 5 aromatic rings. The van der Waals surface area contributed by atoms with Crippen LogP contribution in [0.2, 0.25) is 0 Å². The number of rotatable bonds is 6. The number of aromatic nitrogens is 4. The first-order chi connectivity index (χ1) is 17.6. The molecular formula is C29H29FN6. The average molecular weight is 481 g/mol. The summed E-state index contributed by atoms with van der Waals surface area (Å²) in [6.45, 7) is 6.02. The summed E-state index contributed by atoms with van der Waals surface area (Å²) in [5.41, 5.74) is 5.01. The Kier molecular flexibility index (Phi) is 6.07. The van der Waals surface area contributed by atoms with E-state index in [0.29, 0.717) is 6.54 Å². The molecule has 6 nitrogen and oxygen atoms in total. The molecule has 1 aliphatic heterocycles. The van der Waals surface area contributed by atoms with Crippen molar-refractivity contribution in [1.29, 1.82) is 0 Å². The molecule has 3 aromatic carbocycles. The van der Waals surface area contributed by atoms with Gasteiger partial charge < -0.3 is 5.32 Å². The molecule has 1 fully saturated rings. The Balaban J connectivity index is 1.28. The molecule has 1 saturated heterocycles. The van der Waals surface area contributed by atoms with Crippen molar-refractivity contribution >= 4 is 33.3 Å². The van der Waals surface area contributed by atoms with Crippen LogP contribution in [0.15, 0.2) is 73.2 Å². The van der Waals surface area contributed by atoms with Gasteiger partial charge in [-0.25, -0.2) is 14.4 Å². The third-order valence-corrected chi connectivity index (χ3v) is 7.15. The second kappa shape index (κ2) is 9.66. The highest BCUT2D eigenvalue weighted by atomic mass is 19.1. The Morgan fingerprint density at radius 1 is 0.972 bits per heavy atom. The summed E-state index contributed by atoms with van der Waals surface area (Å²) in [7, 11) is 0. The maximum atomic E-state index is 13.6. The van der Waals surface area contributed by atoms with Gasteiger partial charge in [-0.1, -0.05) is 31.2 Å². The van der Waals surface area contributed by atoms with Gasteiger partial charge in [-0.05, 0) is 79.4 Å². The van der Waals surface area contributed by atoms with Crippen molar-refractivity contribution in [3.05, 3.63) is 90.1 Å². The Morgan fingerprint density at radius 2 is 1.83 bits per heavy atom. The van der Waals surface area contributed by atoms with Gasteiger partial charge in [-0.3, -0.25) is 9.58 Å². The highest BCUT2D eigenvalue weighted by Gasteiger charge is 2.18. The van der Waals surface area contributed by atoms with Crippen LogP contribution in [0, 0.1) is 11.7 Å². The van der Waals surface area contributed by atoms with Gasteiger partial charge in [-0.15, -0.1) is 0 Å². The molecule has 0 saturated carbocycles. The Labute approximate surface area is 209 Å². The normalized spacial score (nSPS) is 15.1. The summed E-state index contributed by atoms with van der Waals surface area (Å²) in [6, 6.07) is 19.1. The Morgan fingerprint density at radius 3 is 2.69 bits per heavy atom. The summed E-state index contributed by atoms with van der Waals surface area (Å²) in [4.78, 5) is 11.7. The number of benzene rings is 3. The fourth-order valence-electron chi connectivity index (χ4n) is 5.10. The van der Waals surface area contributed by atoms with Gasteiger partial charge in [0.1, 0.15) is 18.0 Å². The lowest BCUT2D eigenvalue weighted by Gasteiger charge is -2.30. The number of likely N-dealkylation sites (tertiary alicyclic amines) is 1. The first kappa shape index (κ1) is 22.6. The van der Waals surface area contributed by atoms with E-state index in [1.165, 1.54) is 24.5 Å². The molecule has 7 heteroatoms. The van der Waals surface area contributed by atoms with Crippen molar-refractivity contribution in [2.75, 3.05) is 18.4 Å². The van der Waals surface area contributed by atoms with Crippen LogP contribution >= 0.6 is 0 Å². The fraction of sp³-hybridized carbons (Fsp3) is 0.276. The largest absolute Gasteiger partial charge is 0.340 e. The number of nitrogens with one attached hydrogen (secondary N) is 1. The van der Waals surface area contributed by atoms with Crippen LogP contribution in [0.3, 0.4) is 0 Å². The van der Waals surface area contributed by atoms with E-state index in [-0.39, 0.29) is 5.82 Å². The summed E-state index contributed by atoms with van der Waals surface area (Å²) >= 11 is 0. The van der Waals surface area contributed by atoms with Gasteiger partial charge in [0, 0.05) is 23.0 Å². The molecule has 0 radical (unpaired) electrons. The van der Waals surface area contributed by atoms with Crippen molar-refractivity contribution in [3.8, 4) is 0 Å². The minimum absolute atomic E-state index is 0.235. The van der Waals surface area contributed by atoms with Crippen LogP contribution in [-0.2, 0) is 13.1 Å². The second-order valence-corrected chi connectivity index (χ2v) is 9.82. The van der Waals surface area contributed by atoms with E-state index in [0.717, 1.165) is 64.4 Å². The second-order valence-electron chi connectivity index (χ2n) is 9.82. The third-order valence-electron chi connectivity index (χ3n) is 7.15. The molecule has 0 aliphatic carbocycles. The average Bonchev–Trinajstić information content (AvgIpc) is 3.27. The first-order valence-corrected chi connectivity index (χ1v) is 12.5. The number of anilines is 2. The summed E-state index contributed by atoms with van der Waals surface area (Å²) in [6.07, 6.45) is 5.96. The summed E-state index contributed by atoms with van der Waals surface area (Å²) in [5, 5.41) is 10.2. The van der Waals surface area contributed by atoms with Crippen LogP contribution in [-0.4, -0.2) is 37.7 Å². The van der Waals surface area contributed by atoms with Crippen LogP contribution in [0.5, 0.6) is 0 Å². The van der Waals surface area contributed by atoms with E-state index in [1.54, 1.807) is 18.5 Å². The standard InChI is InChI=1S/C29H29FN6/c1-20-10-12-35(13-11-20)18-22-5-3-7-26-28(22)29(32-19-31-26)34-25-8-9-27-23(15-25)16-33-36(27)17-21-4-2-6-24(30)14-21/h2-9,14-16,19-20H,10-13,17-18H2,1H3,(H,31,32,34). The number of hydrogen-bond donors (Lipinski definition) is 1. The Hall–Kier alpha value is -3.84. The minimum Gasteiger partial charge on any atom is -0.340 e. The van der Waals surface area contributed by atoms with Crippen molar-refractivity contribution in [2.45, 2.75) is 32.9 Å². The number of fused-ring (bicyclic) bond motifs is 2. The molecule has 0 bridgehead atoms. The Bertz CT molecular complexity index is 1510. The van der Waals surface area contributed by atoms with E-state index in [4.69, 9.17) is 0 Å². The number of nitrogens with zero attached hydrogens (tertiary/aromatic N) is 5. The lowest BCUT2D eigenvalue weighted by atomic mass is 9.98. The molecule has 182 valence electrons. The van der Waals surface area contributed by atoms with E-state index in [9.17, 15) is 4.39 Å². The van der Waals surface area contributed by atoms with Gasteiger partial charge in [0.05, 0.1) is 23.8 Å². The predicted molar refractivity (Wildman–Crippen MR) is 142 cm³/mol. The van der Waals surface area contributed by atoms with E-state index in [1.807, 2.05) is 35.1 Å². The van der Waals surface area contributed by atoms with Crippen molar-refractivity contribution in [2.24, 2.45) is 5.92 Å². The summed E-state index contributed by atoms with van der Waals surface area (Å²) < 4.78 is 15.5. The molecule has 36 heavy (non-hydrogen) atoms. The van der Waals surface area contributed by atoms with Crippen LogP contribution in [0.25, 0.3) is 21.8 Å². The molecule has 0 spiro atoms. The summed E-state index contributed by atoms with van der Waals surface area (Å²) in [5.74, 6) is 1.39. The molecule has 1 aliphatic rings. The van der Waals surface area contributed by atoms with E-state index in [2.05, 4.69) is 50.4 Å². The molecular weight excluding hydrogens is 451 g/mol. The third kappa shape index (κ3) is 4.66. The zero-order valence-corrected chi connectivity index (χ0v) is 20.4. The highest BCUT2D eigenvalue weighted by molar-refractivity contribution is 5.94. The number of piperidine rings is 1. The maximum Gasteiger partial charge on any atom is 0.142 e. The van der Waals surface area contributed by atoms with Gasteiger partial charge in [-0.2, -0.15) is 5.10 Å². The van der Waals surface area contributed by atoms with Crippen LogP contribution in [0.1, 0.15) is 30.9 Å². The lowest BCUT2D eigenvalue weighted by molar-refractivity contribution is 0.186. The minimum atomic E-state index is -0.235. The van der Waals surface area contributed by atoms with E-state index >= 15 is 0 Å². The van der Waals surface area contributed by atoms with Crippen molar-refractivity contribution < 1.29 is 4.39 Å². The molecule has 0 amide bonds. The molecule has 0 atom stereocenters. The molecule has 2 aromatic heterocycles.